The standard InChI is InChI=1S/C20H32N6O2S.HI/c1-14(12-19-15(2)24-26(7)16(19)3)23-20(21-4)22-13-17-8-10-18(11-9-17)29(27,28)25(5)6;/h8-11,14H,12-13H2,1-7H3,(H2,21,22,23);1H. The number of benzene rings is 1. The molecule has 2 rings (SSSR count). The lowest BCUT2D eigenvalue weighted by Crippen LogP contribution is -2.42. The van der Waals surface area contributed by atoms with Crippen molar-refractivity contribution in [3.63, 3.8) is 0 Å². The molecular formula is C20H33IN6O2S. The summed E-state index contributed by atoms with van der Waals surface area (Å²) in [7, 11) is 3.33. The molecule has 0 saturated heterocycles. The average molecular weight is 548 g/mol. The van der Waals surface area contributed by atoms with Gasteiger partial charge in [-0.25, -0.2) is 12.7 Å². The molecule has 30 heavy (non-hydrogen) atoms. The van der Waals surface area contributed by atoms with Crippen LogP contribution in [0, 0.1) is 13.8 Å². The Hall–Kier alpha value is -1.66. The van der Waals surface area contributed by atoms with Crippen molar-refractivity contribution < 1.29 is 8.42 Å². The Balaban J connectivity index is 0.00000450. The van der Waals surface area contributed by atoms with Crippen molar-refractivity contribution in [2.45, 2.75) is 44.7 Å². The molecule has 2 aromatic rings. The lowest BCUT2D eigenvalue weighted by Gasteiger charge is -2.18. The minimum Gasteiger partial charge on any atom is -0.354 e. The van der Waals surface area contributed by atoms with Gasteiger partial charge in [0.15, 0.2) is 5.96 Å². The van der Waals surface area contributed by atoms with E-state index in [-0.39, 0.29) is 34.9 Å². The van der Waals surface area contributed by atoms with Crippen LogP contribution in [0.1, 0.15) is 29.4 Å². The van der Waals surface area contributed by atoms with Gasteiger partial charge in [0.2, 0.25) is 10.0 Å². The number of nitrogens with zero attached hydrogens (tertiary/aromatic N) is 4. The third-order valence-electron chi connectivity index (χ3n) is 4.94. The fourth-order valence-corrected chi connectivity index (χ4v) is 3.98. The third-order valence-corrected chi connectivity index (χ3v) is 6.77. The van der Waals surface area contributed by atoms with E-state index in [1.165, 1.54) is 29.7 Å². The molecule has 0 bridgehead atoms. The summed E-state index contributed by atoms with van der Waals surface area (Å²) in [5, 5.41) is 11.1. The summed E-state index contributed by atoms with van der Waals surface area (Å²) in [4.78, 5) is 4.57. The lowest BCUT2D eigenvalue weighted by molar-refractivity contribution is 0.520. The van der Waals surface area contributed by atoms with E-state index >= 15 is 0 Å². The Morgan fingerprint density at radius 2 is 1.83 bits per heavy atom. The van der Waals surface area contributed by atoms with Crippen molar-refractivity contribution in [3.8, 4) is 0 Å². The van der Waals surface area contributed by atoms with E-state index in [9.17, 15) is 8.42 Å². The van der Waals surface area contributed by atoms with Gasteiger partial charge in [-0.15, -0.1) is 24.0 Å². The van der Waals surface area contributed by atoms with Crippen LogP contribution < -0.4 is 10.6 Å². The number of hydrogen-bond donors (Lipinski definition) is 2. The summed E-state index contributed by atoms with van der Waals surface area (Å²) in [5.74, 6) is 0.696. The van der Waals surface area contributed by atoms with Crippen LogP contribution in [-0.2, 0) is 30.0 Å². The molecule has 0 radical (unpaired) electrons. The maximum atomic E-state index is 12.2. The number of nitrogens with one attached hydrogen (secondary N) is 2. The fraction of sp³-hybridized carbons (Fsp3) is 0.500. The fourth-order valence-electron chi connectivity index (χ4n) is 3.07. The zero-order chi connectivity index (χ0) is 21.8. The van der Waals surface area contributed by atoms with Crippen molar-refractivity contribution >= 4 is 40.0 Å². The second-order valence-electron chi connectivity index (χ2n) is 7.38. The Morgan fingerprint density at radius 3 is 2.30 bits per heavy atom. The first-order valence-electron chi connectivity index (χ1n) is 9.54. The minimum atomic E-state index is -3.41. The predicted molar refractivity (Wildman–Crippen MR) is 132 cm³/mol. The van der Waals surface area contributed by atoms with Crippen LogP contribution in [0.2, 0.25) is 0 Å². The van der Waals surface area contributed by atoms with Gasteiger partial charge in [-0.05, 0) is 50.5 Å². The van der Waals surface area contributed by atoms with Crippen LogP contribution in [0.5, 0.6) is 0 Å². The largest absolute Gasteiger partial charge is 0.354 e. The van der Waals surface area contributed by atoms with Crippen LogP contribution in [-0.4, -0.2) is 55.6 Å². The molecule has 0 amide bonds. The topological polar surface area (TPSA) is 91.6 Å². The molecule has 1 unspecified atom stereocenters. The first kappa shape index (κ1) is 26.4. The van der Waals surface area contributed by atoms with Gasteiger partial charge < -0.3 is 10.6 Å². The Labute approximate surface area is 197 Å². The second kappa shape index (κ2) is 11.1. The average Bonchev–Trinajstić information content (AvgIpc) is 2.91. The lowest BCUT2D eigenvalue weighted by atomic mass is 10.1. The Morgan fingerprint density at radius 1 is 1.23 bits per heavy atom. The van der Waals surface area contributed by atoms with E-state index in [1.54, 1.807) is 19.2 Å². The quantitative estimate of drug-likeness (QED) is 0.315. The van der Waals surface area contributed by atoms with Gasteiger partial charge in [0.1, 0.15) is 0 Å². The highest BCUT2D eigenvalue weighted by molar-refractivity contribution is 14.0. The molecule has 0 aliphatic carbocycles. The van der Waals surface area contributed by atoms with Crippen molar-refractivity contribution in [1.82, 2.24) is 24.7 Å². The maximum Gasteiger partial charge on any atom is 0.242 e. The van der Waals surface area contributed by atoms with E-state index < -0.39 is 10.0 Å². The van der Waals surface area contributed by atoms with Crippen molar-refractivity contribution in [3.05, 3.63) is 46.8 Å². The molecule has 0 fully saturated rings. The van der Waals surface area contributed by atoms with Gasteiger partial charge in [-0.2, -0.15) is 5.10 Å². The van der Waals surface area contributed by atoms with Crippen molar-refractivity contribution in [2.24, 2.45) is 12.0 Å². The zero-order valence-electron chi connectivity index (χ0n) is 18.7. The summed E-state index contributed by atoms with van der Waals surface area (Å²) < 4.78 is 27.4. The molecule has 0 aliphatic rings. The summed E-state index contributed by atoms with van der Waals surface area (Å²) >= 11 is 0. The van der Waals surface area contributed by atoms with Gasteiger partial charge >= 0.3 is 0 Å². The molecule has 8 nitrogen and oxygen atoms in total. The summed E-state index contributed by atoms with van der Waals surface area (Å²) in [5.41, 5.74) is 4.44. The van der Waals surface area contributed by atoms with Gasteiger partial charge in [0.05, 0.1) is 10.6 Å². The van der Waals surface area contributed by atoms with Crippen LogP contribution in [0.15, 0.2) is 34.2 Å². The smallest absolute Gasteiger partial charge is 0.242 e. The minimum absolute atomic E-state index is 0. The molecule has 1 heterocycles. The van der Waals surface area contributed by atoms with Crippen LogP contribution >= 0.6 is 24.0 Å². The number of aryl methyl sites for hydroxylation is 2. The van der Waals surface area contributed by atoms with Gasteiger partial charge in [-0.3, -0.25) is 9.67 Å². The summed E-state index contributed by atoms with van der Waals surface area (Å²) in [6, 6.07) is 7.04. The van der Waals surface area contributed by atoms with E-state index in [0.29, 0.717) is 12.5 Å². The highest BCUT2D eigenvalue weighted by atomic mass is 127. The molecule has 10 heteroatoms. The molecule has 1 atom stereocenters. The van der Waals surface area contributed by atoms with Crippen LogP contribution in [0.25, 0.3) is 0 Å². The number of aliphatic imine (C=N–C) groups is 1. The van der Waals surface area contributed by atoms with Crippen molar-refractivity contribution in [1.29, 1.82) is 0 Å². The number of sulfonamides is 1. The van der Waals surface area contributed by atoms with Gasteiger partial charge in [-0.1, -0.05) is 12.1 Å². The van der Waals surface area contributed by atoms with Crippen molar-refractivity contribution in [2.75, 3.05) is 21.1 Å². The number of halogens is 1. The Kier molecular flexibility index (Phi) is 9.76. The molecule has 1 aromatic heterocycles. The SMILES string of the molecule is CN=C(NCc1ccc(S(=O)(=O)N(C)C)cc1)NC(C)Cc1c(C)nn(C)c1C.I. The third kappa shape index (κ3) is 6.42. The first-order valence-corrected chi connectivity index (χ1v) is 11.0. The van der Waals surface area contributed by atoms with E-state index in [0.717, 1.165) is 17.7 Å². The molecule has 0 saturated carbocycles. The predicted octanol–water partition coefficient (Wildman–Crippen LogP) is 2.20. The molecule has 168 valence electrons. The normalized spacial score (nSPS) is 13.1. The second-order valence-corrected chi connectivity index (χ2v) is 9.53. The monoisotopic (exact) mass is 548 g/mol. The molecule has 2 N–H and O–H groups in total. The van der Waals surface area contributed by atoms with Crippen LogP contribution in [0.3, 0.4) is 0 Å². The van der Waals surface area contributed by atoms with E-state index in [4.69, 9.17) is 0 Å². The number of guanidine groups is 1. The molecule has 0 spiro atoms. The number of hydrogen-bond acceptors (Lipinski definition) is 4. The highest BCUT2D eigenvalue weighted by Crippen LogP contribution is 2.15. The molecular weight excluding hydrogens is 515 g/mol. The van der Waals surface area contributed by atoms with Gasteiger partial charge in [0.25, 0.3) is 0 Å². The number of aromatic nitrogens is 2. The summed E-state index contributed by atoms with van der Waals surface area (Å²) in [6.07, 6.45) is 0.850. The van der Waals surface area contributed by atoms with E-state index in [1.807, 2.05) is 30.8 Å². The summed E-state index contributed by atoms with van der Waals surface area (Å²) in [6.45, 7) is 6.76. The maximum absolute atomic E-state index is 12.2. The van der Waals surface area contributed by atoms with Gasteiger partial charge in [0, 0.05) is 46.5 Å². The highest BCUT2D eigenvalue weighted by Gasteiger charge is 2.17. The Bertz CT molecular complexity index is 968. The van der Waals surface area contributed by atoms with E-state index in [2.05, 4.69) is 34.6 Å². The molecule has 1 aromatic carbocycles. The van der Waals surface area contributed by atoms with Crippen LogP contribution in [0.4, 0.5) is 0 Å². The number of rotatable bonds is 7. The zero-order valence-corrected chi connectivity index (χ0v) is 21.9. The first-order chi connectivity index (χ1) is 13.6. The molecule has 0 aliphatic heterocycles.